The van der Waals surface area contributed by atoms with Gasteiger partial charge < -0.3 is 10.1 Å². The maximum Gasteiger partial charge on any atom is 0.255 e. The van der Waals surface area contributed by atoms with E-state index in [9.17, 15) is 4.79 Å². The molecule has 1 unspecified atom stereocenters. The van der Waals surface area contributed by atoms with E-state index in [1.54, 1.807) is 6.07 Å². The minimum absolute atomic E-state index is 0.0597. The Balaban J connectivity index is 2.40. The Morgan fingerprint density at radius 2 is 2.40 bits per heavy atom. The van der Waals surface area contributed by atoms with Gasteiger partial charge in [-0.05, 0) is 24.6 Å². The number of halogens is 1. The van der Waals surface area contributed by atoms with Gasteiger partial charge in [-0.15, -0.1) is 0 Å². The van der Waals surface area contributed by atoms with E-state index in [1.807, 2.05) is 19.1 Å². The molecule has 1 aliphatic heterocycles. The number of carbonyl (C=O) groups excluding carboxylic acids is 1. The molecule has 0 saturated heterocycles. The highest BCUT2D eigenvalue weighted by atomic mass is 79.9. The molecule has 0 saturated carbocycles. The van der Waals surface area contributed by atoms with Gasteiger partial charge >= 0.3 is 0 Å². The number of carbonyl (C=O) groups is 1. The SMILES string of the molecule is CCC1CNC(=O)c2ccc(Br)cc2O1. The fraction of sp³-hybridized carbons (Fsp3) is 0.364. The summed E-state index contributed by atoms with van der Waals surface area (Å²) in [5.41, 5.74) is 0.606. The minimum atomic E-state index is -0.0616. The normalized spacial score (nSPS) is 19.9. The Labute approximate surface area is 96.9 Å². The van der Waals surface area contributed by atoms with E-state index in [1.165, 1.54) is 0 Å². The smallest absolute Gasteiger partial charge is 0.255 e. The first-order chi connectivity index (χ1) is 7.20. The number of benzene rings is 1. The first kappa shape index (κ1) is 10.5. The van der Waals surface area contributed by atoms with Crippen molar-refractivity contribution in [2.45, 2.75) is 19.4 Å². The number of ether oxygens (including phenoxy) is 1. The number of fused-ring (bicyclic) bond motifs is 1. The van der Waals surface area contributed by atoms with Gasteiger partial charge in [0.1, 0.15) is 11.9 Å². The van der Waals surface area contributed by atoms with E-state index in [4.69, 9.17) is 4.74 Å². The first-order valence-electron chi connectivity index (χ1n) is 4.95. The number of nitrogens with one attached hydrogen (secondary N) is 1. The van der Waals surface area contributed by atoms with Crippen LogP contribution < -0.4 is 10.1 Å². The third kappa shape index (κ3) is 2.15. The van der Waals surface area contributed by atoms with E-state index in [0.717, 1.165) is 10.9 Å². The Morgan fingerprint density at radius 3 is 3.13 bits per heavy atom. The van der Waals surface area contributed by atoms with Crippen LogP contribution in [0.25, 0.3) is 0 Å². The molecule has 4 heteroatoms. The van der Waals surface area contributed by atoms with Gasteiger partial charge in [-0.1, -0.05) is 22.9 Å². The summed E-state index contributed by atoms with van der Waals surface area (Å²) in [6, 6.07) is 5.45. The molecule has 0 bridgehead atoms. The maximum absolute atomic E-state index is 11.7. The molecule has 1 amide bonds. The van der Waals surface area contributed by atoms with Crippen LogP contribution in [0, 0.1) is 0 Å². The average Bonchev–Trinajstić information content (AvgIpc) is 2.38. The predicted molar refractivity (Wildman–Crippen MR) is 61.2 cm³/mol. The molecule has 1 aromatic rings. The van der Waals surface area contributed by atoms with Crippen LogP contribution in [0.1, 0.15) is 23.7 Å². The van der Waals surface area contributed by atoms with Gasteiger partial charge in [0.05, 0.1) is 12.1 Å². The van der Waals surface area contributed by atoms with E-state index in [2.05, 4.69) is 21.2 Å². The van der Waals surface area contributed by atoms with Crippen LogP contribution >= 0.6 is 15.9 Å². The highest BCUT2D eigenvalue weighted by molar-refractivity contribution is 9.10. The van der Waals surface area contributed by atoms with E-state index >= 15 is 0 Å². The lowest BCUT2D eigenvalue weighted by molar-refractivity contribution is 0.0950. The second-order valence-corrected chi connectivity index (χ2v) is 4.41. The number of rotatable bonds is 1. The van der Waals surface area contributed by atoms with Gasteiger partial charge in [-0.25, -0.2) is 0 Å². The molecule has 0 aromatic heterocycles. The van der Waals surface area contributed by atoms with Crippen LogP contribution in [0.3, 0.4) is 0 Å². The molecular formula is C11H12BrNO2. The summed E-state index contributed by atoms with van der Waals surface area (Å²) in [5, 5.41) is 2.84. The molecule has 1 aliphatic rings. The van der Waals surface area contributed by atoms with Gasteiger partial charge in [0, 0.05) is 4.47 Å². The molecule has 15 heavy (non-hydrogen) atoms. The van der Waals surface area contributed by atoms with Crippen molar-refractivity contribution in [1.82, 2.24) is 5.32 Å². The van der Waals surface area contributed by atoms with Gasteiger partial charge in [0.2, 0.25) is 0 Å². The summed E-state index contributed by atoms with van der Waals surface area (Å²) in [5.74, 6) is 0.597. The van der Waals surface area contributed by atoms with Crippen molar-refractivity contribution in [2.24, 2.45) is 0 Å². The van der Waals surface area contributed by atoms with E-state index in [-0.39, 0.29) is 12.0 Å². The topological polar surface area (TPSA) is 38.3 Å². The number of hydrogen-bond acceptors (Lipinski definition) is 2. The molecule has 0 radical (unpaired) electrons. The predicted octanol–water partition coefficient (Wildman–Crippen LogP) is 2.35. The monoisotopic (exact) mass is 269 g/mol. The summed E-state index contributed by atoms with van der Waals surface area (Å²) in [4.78, 5) is 11.7. The summed E-state index contributed by atoms with van der Waals surface area (Å²) in [6.07, 6.45) is 0.941. The standard InChI is InChI=1S/C11H12BrNO2/c1-2-8-6-13-11(14)9-4-3-7(12)5-10(9)15-8/h3-5,8H,2,6H2,1H3,(H,13,14). The molecular weight excluding hydrogens is 258 g/mol. The van der Waals surface area contributed by atoms with E-state index in [0.29, 0.717) is 17.9 Å². The molecule has 1 atom stereocenters. The van der Waals surface area contributed by atoms with Crippen molar-refractivity contribution in [3.05, 3.63) is 28.2 Å². The van der Waals surface area contributed by atoms with Crippen molar-refractivity contribution in [3.63, 3.8) is 0 Å². The Kier molecular flexibility index (Phi) is 2.95. The van der Waals surface area contributed by atoms with Crippen molar-refractivity contribution in [3.8, 4) is 5.75 Å². The molecule has 80 valence electrons. The summed E-state index contributed by atoms with van der Waals surface area (Å²) >= 11 is 3.37. The molecule has 2 rings (SSSR count). The highest BCUT2D eigenvalue weighted by Crippen LogP contribution is 2.26. The maximum atomic E-state index is 11.7. The van der Waals surface area contributed by atoms with Crippen molar-refractivity contribution in [1.29, 1.82) is 0 Å². The Hall–Kier alpha value is -1.03. The summed E-state index contributed by atoms with van der Waals surface area (Å²) in [7, 11) is 0. The van der Waals surface area contributed by atoms with Gasteiger partial charge in [-0.2, -0.15) is 0 Å². The van der Waals surface area contributed by atoms with Gasteiger partial charge in [0.25, 0.3) is 5.91 Å². The molecule has 1 N–H and O–H groups in total. The van der Waals surface area contributed by atoms with Crippen molar-refractivity contribution < 1.29 is 9.53 Å². The lowest BCUT2D eigenvalue weighted by Gasteiger charge is -2.14. The molecule has 0 fully saturated rings. The van der Waals surface area contributed by atoms with Crippen molar-refractivity contribution in [2.75, 3.05) is 6.54 Å². The minimum Gasteiger partial charge on any atom is -0.488 e. The van der Waals surface area contributed by atoms with Gasteiger partial charge in [0.15, 0.2) is 0 Å². The fourth-order valence-corrected chi connectivity index (χ4v) is 1.87. The zero-order chi connectivity index (χ0) is 10.8. The molecule has 1 aromatic carbocycles. The largest absolute Gasteiger partial charge is 0.488 e. The lowest BCUT2D eigenvalue weighted by Crippen LogP contribution is -2.31. The summed E-state index contributed by atoms with van der Waals surface area (Å²) < 4.78 is 6.67. The molecule has 1 heterocycles. The van der Waals surface area contributed by atoms with E-state index < -0.39 is 0 Å². The average molecular weight is 270 g/mol. The molecule has 0 spiro atoms. The van der Waals surface area contributed by atoms with Crippen molar-refractivity contribution >= 4 is 21.8 Å². The van der Waals surface area contributed by atoms with Crippen LogP contribution in [0.2, 0.25) is 0 Å². The zero-order valence-electron chi connectivity index (χ0n) is 8.42. The van der Waals surface area contributed by atoms with Crippen LogP contribution in [-0.4, -0.2) is 18.6 Å². The number of hydrogen-bond donors (Lipinski definition) is 1. The fourth-order valence-electron chi connectivity index (χ4n) is 1.53. The van der Waals surface area contributed by atoms with Crippen LogP contribution in [0.15, 0.2) is 22.7 Å². The Bertz CT molecular complexity index is 392. The van der Waals surface area contributed by atoms with Crippen LogP contribution in [0.4, 0.5) is 0 Å². The second-order valence-electron chi connectivity index (χ2n) is 3.50. The zero-order valence-corrected chi connectivity index (χ0v) is 10.0. The lowest BCUT2D eigenvalue weighted by atomic mass is 10.2. The third-order valence-electron chi connectivity index (χ3n) is 2.43. The first-order valence-corrected chi connectivity index (χ1v) is 5.74. The molecule has 0 aliphatic carbocycles. The number of amides is 1. The Morgan fingerprint density at radius 1 is 1.60 bits per heavy atom. The summed E-state index contributed by atoms with van der Waals surface area (Å²) in [6.45, 7) is 2.61. The molecule has 3 nitrogen and oxygen atoms in total. The van der Waals surface area contributed by atoms with Crippen LogP contribution in [-0.2, 0) is 0 Å². The quantitative estimate of drug-likeness (QED) is 0.850. The third-order valence-corrected chi connectivity index (χ3v) is 2.92. The highest BCUT2D eigenvalue weighted by Gasteiger charge is 2.21. The van der Waals surface area contributed by atoms with Crippen LogP contribution in [0.5, 0.6) is 5.75 Å². The van der Waals surface area contributed by atoms with Gasteiger partial charge in [-0.3, -0.25) is 4.79 Å². The second kappa shape index (κ2) is 4.23.